The number of benzene rings is 1. The van der Waals surface area contributed by atoms with Gasteiger partial charge in [-0.1, -0.05) is 33.8 Å². The van der Waals surface area contributed by atoms with Gasteiger partial charge in [-0.3, -0.25) is 4.79 Å². The molecule has 0 bridgehead atoms. The summed E-state index contributed by atoms with van der Waals surface area (Å²) in [5.41, 5.74) is -1.33. The van der Waals surface area contributed by atoms with E-state index < -0.39 is 40.2 Å². The molecule has 0 aromatic heterocycles. The molecule has 0 amide bonds. The van der Waals surface area contributed by atoms with Gasteiger partial charge in [0.1, 0.15) is 11.9 Å². The Morgan fingerprint density at radius 2 is 1.78 bits per heavy atom. The summed E-state index contributed by atoms with van der Waals surface area (Å²) in [5, 5.41) is 66.9. The molecule has 1 aromatic rings. The average molecular weight is 627 g/mol. The van der Waals surface area contributed by atoms with Gasteiger partial charge in [0.25, 0.3) is 0 Å². The van der Waals surface area contributed by atoms with Crippen LogP contribution in [0.5, 0.6) is 5.75 Å². The van der Waals surface area contributed by atoms with Crippen molar-refractivity contribution in [2.24, 2.45) is 40.4 Å². The summed E-state index contributed by atoms with van der Waals surface area (Å²) in [5.74, 6) is -0.118. The SMILES string of the molecule is CC(C)[C@@H](C)[C@H]1O[C@H]1[C@](C)(O)[C@@H]1CC[C@]2(O)C3=CC(=O)[C@H]4C[C@@H](O)[C@@H](O)C[C@]4(C)[C@@H]3CC[C@]12CCc1cc(O)ccc1CCO. The Hall–Kier alpha value is -1.81. The van der Waals surface area contributed by atoms with Crippen LogP contribution in [-0.2, 0) is 22.4 Å². The summed E-state index contributed by atoms with van der Waals surface area (Å²) in [6, 6.07) is 5.21. The van der Waals surface area contributed by atoms with E-state index >= 15 is 0 Å². The lowest BCUT2D eigenvalue weighted by Crippen LogP contribution is -2.63. The van der Waals surface area contributed by atoms with Crippen molar-refractivity contribution >= 4 is 5.78 Å². The van der Waals surface area contributed by atoms with Crippen molar-refractivity contribution in [3.63, 3.8) is 0 Å². The van der Waals surface area contributed by atoms with Crippen LogP contribution in [0.3, 0.4) is 0 Å². The van der Waals surface area contributed by atoms with Crippen LogP contribution in [0.4, 0.5) is 0 Å². The zero-order valence-corrected chi connectivity index (χ0v) is 27.6. The second-order valence-corrected chi connectivity index (χ2v) is 16.1. The van der Waals surface area contributed by atoms with E-state index in [0.717, 1.165) is 16.7 Å². The number of ketones is 1. The number of aryl methyl sites for hydroxylation is 1. The maximum atomic E-state index is 13.8. The van der Waals surface area contributed by atoms with Crippen molar-refractivity contribution in [2.45, 2.75) is 128 Å². The molecule has 8 nitrogen and oxygen atoms in total. The van der Waals surface area contributed by atoms with Crippen molar-refractivity contribution in [2.75, 3.05) is 6.61 Å². The lowest BCUT2D eigenvalue weighted by molar-refractivity contribution is -0.168. The number of aliphatic hydroxyl groups is 5. The molecule has 1 saturated heterocycles. The number of phenols is 1. The fraction of sp³-hybridized carbons (Fsp3) is 0.757. The first-order valence-corrected chi connectivity index (χ1v) is 17.2. The Morgan fingerprint density at radius 3 is 2.47 bits per heavy atom. The fourth-order valence-electron chi connectivity index (χ4n) is 10.7. The monoisotopic (exact) mass is 626 g/mol. The maximum absolute atomic E-state index is 13.8. The van der Waals surface area contributed by atoms with Gasteiger partial charge in [-0.2, -0.15) is 0 Å². The molecule has 0 radical (unpaired) electrons. The highest BCUT2D eigenvalue weighted by Crippen LogP contribution is 2.70. The zero-order valence-electron chi connectivity index (χ0n) is 27.6. The first kappa shape index (κ1) is 33.1. The van der Waals surface area contributed by atoms with Crippen molar-refractivity contribution < 1.29 is 40.2 Å². The number of carbonyl (C=O) groups is 1. The summed E-state index contributed by atoms with van der Waals surface area (Å²) in [6.45, 7) is 10.4. The van der Waals surface area contributed by atoms with Crippen molar-refractivity contribution in [1.29, 1.82) is 0 Å². The number of aliphatic hydroxyl groups excluding tert-OH is 3. The molecule has 4 fully saturated rings. The van der Waals surface area contributed by atoms with Gasteiger partial charge in [0.15, 0.2) is 5.78 Å². The smallest absolute Gasteiger partial charge is 0.159 e. The zero-order chi connectivity index (χ0) is 32.7. The first-order chi connectivity index (χ1) is 21.1. The van der Waals surface area contributed by atoms with Crippen molar-refractivity contribution in [3.05, 3.63) is 41.0 Å². The molecule has 12 atom stereocenters. The largest absolute Gasteiger partial charge is 0.508 e. The molecule has 4 aliphatic carbocycles. The van der Waals surface area contributed by atoms with Gasteiger partial charge >= 0.3 is 0 Å². The summed E-state index contributed by atoms with van der Waals surface area (Å²) >= 11 is 0. The topological polar surface area (TPSA) is 151 Å². The van der Waals surface area contributed by atoms with E-state index in [2.05, 4.69) is 20.8 Å². The van der Waals surface area contributed by atoms with Crippen LogP contribution >= 0.6 is 0 Å². The molecule has 45 heavy (non-hydrogen) atoms. The molecule has 1 heterocycles. The first-order valence-electron chi connectivity index (χ1n) is 17.2. The van der Waals surface area contributed by atoms with E-state index in [0.29, 0.717) is 57.3 Å². The Morgan fingerprint density at radius 1 is 1.04 bits per heavy atom. The minimum atomic E-state index is -1.35. The van der Waals surface area contributed by atoms with E-state index in [1.807, 2.05) is 19.9 Å². The number of hydrogen-bond donors (Lipinski definition) is 6. The highest BCUT2D eigenvalue weighted by molar-refractivity contribution is 5.95. The van der Waals surface area contributed by atoms with Crippen LogP contribution in [0, 0.1) is 40.4 Å². The quantitative estimate of drug-likeness (QED) is 0.226. The van der Waals surface area contributed by atoms with Gasteiger partial charge in [0.2, 0.25) is 0 Å². The van der Waals surface area contributed by atoms with E-state index in [4.69, 9.17) is 4.74 Å². The Bertz CT molecular complexity index is 1340. The number of hydrogen-bond acceptors (Lipinski definition) is 8. The van der Waals surface area contributed by atoms with Crippen LogP contribution in [-0.4, -0.2) is 78.6 Å². The van der Waals surface area contributed by atoms with Crippen LogP contribution in [0.25, 0.3) is 0 Å². The number of ether oxygens (including phenoxy) is 1. The lowest BCUT2D eigenvalue weighted by Gasteiger charge is -2.61. The molecule has 3 saturated carbocycles. The van der Waals surface area contributed by atoms with Gasteiger partial charge in [-0.05, 0) is 129 Å². The second-order valence-electron chi connectivity index (χ2n) is 16.1. The van der Waals surface area contributed by atoms with E-state index in [1.54, 1.807) is 18.2 Å². The molecule has 6 N–H and O–H groups in total. The molecule has 1 aromatic carbocycles. The predicted octanol–water partition coefficient (Wildman–Crippen LogP) is 3.85. The van der Waals surface area contributed by atoms with Gasteiger partial charge in [-0.25, -0.2) is 0 Å². The predicted molar refractivity (Wildman–Crippen MR) is 169 cm³/mol. The Balaban J connectivity index is 1.42. The van der Waals surface area contributed by atoms with Crippen LogP contribution in [0.2, 0.25) is 0 Å². The van der Waals surface area contributed by atoms with E-state index in [1.165, 1.54) is 0 Å². The molecule has 0 spiro atoms. The summed E-state index contributed by atoms with van der Waals surface area (Å²) in [6.07, 6.45) is 3.76. The minimum Gasteiger partial charge on any atom is -0.508 e. The number of aromatic hydroxyl groups is 1. The number of carbonyl (C=O) groups excluding carboxylic acids is 1. The van der Waals surface area contributed by atoms with Crippen LogP contribution in [0.1, 0.15) is 90.7 Å². The Kier molecular flexibility index (Phi) is 8.40. The molecular weight excluding hydrogens is 572 g/mol. The van der Waals surface area contributed by atoms with Gasteiger partial charge in [0.05, 0.1) is 29.5 Å². The number of epoxide rings is 1. The highest BCUT2D eigenvalue weighted by atomic mass is 16.6. The summed E-state index contributed by atoms with van der Waals surface area (Å²) in [4.78, 5) is 13.8. The molecule has 5 aliphatic rings. The van der Waals surface area contributed by atoms with E-state index in [-0.39, 0.29) is 54.5 Å². The lowest BCUT2D eigenvalue weighted by atomic mass is 9.44. The molecule has 1 aliphatic heterocycles. The second kappa shape index (κ2) is 11.4. The summed E-state index contributed by atoms with van der Waals surface area (Å²) < 4.78 is 6.22. The van der Waals surface area contributed by atoms with Crippen molar-refractivity contribution in [3.8, 4) is 5.75 Å². The third-order valence-corrected chi connectivity index (χ3v) is 13.6. The maximum Gasteiger partial charge on any atom is 0.159 e. The molecule has 0 unspecified atom stereocenters. The molecule has 8 heteroatoms. The normalized spacial score (nSPS) is 42.8. The number of phenolic OH excluding ortho intramolecular Hbond substituents is 1. The summed E-state index contributed by atoms with van der Waals surface area (Å²) in [7, 11) is 0. The van der Waals surface area contributed by atoms with Gasteiger partial charge in [0, 0.05) is 17.9 Å². The van der Waals surface area contributed by atoms with Crippen molar-refractivity contribution in [1.82, 2.24) is 0 Å². The molecular formula is C37H54O8. The minimum absolute atomic E-state index is 0.0182. The average Bonchev–Trinajstić information content (AvgIpc) is 3.72. The van der Waals surface area contributed by atoms with E-state index in [9.17, 15) is 35.4 Å². The van der Waals surface area contributed by atoms with Crippen LogP contribution < -0.4 is 0 Å². The highest BCUT2D eigenvalue weighted by Gasteiger charge is 2.72. The number of allylic oxidation sites excluding steroid dienone is 1. The van der Waals surface area contributed by atoms with Gasteiger partial charge in [-0.15, -0.1) is 0 Å². The standard InChI is InChI=1S/C37H54O8/c1-20(2)21(3)32-33(45-32)35(5,43)31-10-14-37(44)26-17-28(40)27-18-29(41)30(42)19-34(27,4)25(26)9-13-36(31,37)12-8-23-16-24(39)7-6-22(23)11-15-38/h6-7,16-17,20-21,25,27,29-33,38-39,41-44H,8-15,18-19H2,1-5H3/t21-,25-,27-,29-,30+,31+,32-,33-,34-,35-,36-,37+/m1/s1. The number of rotatable bonds is 9. The Labute approximate surface area is 267 Å². The third-order valence-electron chi connectivity index (χ3n) is 13.6. The molecule has 6 rings (SSSR count). The van der Waals surface area contributed by atoms with Crippen LogP contribution in [0.15, 0.2) is 29.8 Å². The molecule has 250 valence electrons. The number of fused-ring (bicyclic) bond motifs is 5. The van der Waals surface area contributed by atoms with Gasteiger partial charge < -0.3 is 35.4 Å². The third kappa shape index (κ3) is 5.05. The fourth-order valence-corrected chi connectivity index (χ4v) is 10.7.